The molecule has 0 spiro atoms. The summed E-state index contributed by atoms with van der Waals surface area (Å²) < 4.78 is 1.18. The molecule has 3 N–H and O–H groups in total. The van der Waals surface area contributed by atoms with Gasteiger partial charge in [0.25, 0.3) is 0 Å². The van der Waals surface area contributed by atoms with Gasteiger partial charge in [-0.3, -0.25) is 0 Å². The molecule has 1 aromatic heterocycles. The molecule has 1 fully saturated rings. The summed E-state index contributed by atoms with van der Waals surface area (Å²) >= 11 is 1.69. The van der Waals surface area contributed by atoms with Crippen molar-refractivity contribution in [1.82, 2.24) is 0 Å². The maximum atomic E-state index is 10.7. The Morgan fingerprint density at radius 1 is 1.38 bits per heavy atom. The van der Waals surface area contributed by atoms with Gasteiger partial charge in [-0.05, 0) is 35.6 Å². The molecule has 0 aliphatic heterocycles. The lowest BCUT2D eigenvalue weighted by Crippen LogP contribution is -2.37. The fourth-order valence-electron chi connectivity index (χ4n) is 2.39. The third-order valence-corrected chi connectivity index (χ3v) is 4.47. The normalized spacial score (nSPS) is 19.9. The summed E-state index contributed by atoms with van der Waals surface area (Å²) in [4.78, 5) is 0. The lowest BCUT2D eigenvalue weighted by molar-refractivity contribution is 0.0238. The summed E-state index contributed by atoms with van der Waals surface area (Å²) in [6, 6.07) is 8.20. The van der Waals surface area contributed by atoms with Crippen molar-refractivity contribution in [2.45, 2.75) is 18.4 Å². The molecule has 1 atom stereocenters. The van der Waals surface area contributed by atoms with E-state index in [2.05, 4.69) is 17.5 Å². The highest BCUT2D eigenvalue weighted by atomic mass is 32.1. The van der Waals surface area contributed by atoms with E-state index in [1.54, 1.807) is 11.3 Å². The molecule has 2 aromatic rings. The summed E-state index contributed by atoms with van der Waals surface area (Å²) in [6.45, 7) is 0.314. The number of rotatable bonds is 3. The second-order valence-corrected chi connectivity index (χ2v) is 5.46. The number of fused-ring (bicyclic) bond motifs is 1. The van der Waals surface area contributed by atoms with Crippen molar-refractivity contribution in [1.29, 1.82) is 0 Å². The van der Waals surface area contributed by atoms with Crippen LogP contribution in [-0.2, 0) is 5.60 Å². The standard InChI is InChI=1S/C13H15NOS/c14-8-13(15,10-4-5-10)11-3-1-2-9-6-7-16-12(9)11/h1-3,6-7,10,15H,4-5,8,14H2. The van der Waals surface area contributed by atoms with E-state index < -0.39 is 5.60 Å². The van der Waals surface area contributed by atoms with E-state index >= 15 is 0 Å². The molecule has 1 heterocycles. The van der Waals surface area contributed by atoms with E-state index in [-0.39, 0.29) is 0 Å². The smallest absolute Gasteiger partial charge is 0.106 e. The van der Waals surface area contributed by atoms with Gasteiger partial charge in [-0.25, -0.2) is 0 Å². The zero-order valence-corrected chi connectivity index (χ0v) is 9.83. The van der Waals surface area contributed by atoms with Crippen LogP contribution in [0.25, 0.3) is 10.1 Å². The molecule has 0 radical (unpaired) electrons. The predicted octanol–water partition coefficient (Wildman–Crippen LogP) is 2.46. The zero-order chi connectivity index (χ0) is 11.2. The van der Waals surface area contributed by atoms with Gasteiger partial charge in [0.1, 0.15) is 5.60 Å². The number of hydrogen-bond acceptors (Lipinski definition) is 3. The summed E-state index contributed by atoms with van der Waals surface area (Å²) in [5.41, 5.74) is 6.00. The van der Waals surface area contributed by atoms with Crippen molar-refractivity contribution in [3.05, 3.63) is 35.2 Å². The van der Waals surface area contributed by atoms with Crippen LogP contribution in [0.3, 0.4) is 0 Å². The second kappa shape index (κ2) is 3.55. The molecule has 3 rings (SSSR count). The van der Waals surface area contributed by atoms with Gasteiger partial charge in [0, 0.05) is 16.8 Å². The Labute approximate surface area is 98.7 Å². The minimum absolute atomic E-state index is 0.314. The minimum Gasteiger partial charge on any atom is -0.383 e. The van der Waals surface area contributed by atoms with Gasteiger partial charge in [-0.2, -0.15) is 0 Å². The minimum atomic E-state index is -0.815. The van der Waals surface area contributed by atoms with Crippen LogP contribution in [0.15, 0.2) is 29.6 Å². The first-order valence-electron chi connectivity index (χ1n) is 5.65. The topological polar surface area (TPSA) is 46.2 Å². The third kappa shape index (κ3) is 1.39. The quantitative estimate of drug-likeness (QED) is 0.855. The van der Waals surface area contributed by atoms with E-state index in [0.29, 0.717) is 12.5 Å². The lowest BCUT2D eigenvalue weighted by Gasteiger charge is -2.27. The summed E-state index contributed by atoms with van der Waals surface area (Å²) in [7, 11) is 0. The number of hydrogen-bond donors (Lipinski definition) is 2. The molecule has 1 aromatic carbocycles. The van der Waals surface area contributed by atoms with Gasteiger partial charge >= 0.3 is 0 Å². The van der Waals surface area contributed by atoms with Crippen molar-refractivity contribution in [2.75, 3.05) is 6.54 Å². The van der Waals surface area contributed by atoms with Crippen molar-refractivity contribution < 1.29 is 5.11 Å². The van der Waals surface area contributed by atoms with Gasteiger partial charge in [-0.15, -0.1) is 11.3 Å². The first-order chi connectivity index (χ1) is 7.75. The third-order valence-electron chi connectivity index (χ3n) is 3.51. The van der Waals surface area contributed by atoms with Crippen molar-refractivity contribution >= 4 is 21.4 Å². The molecule has 16 heavy (non-hydrogen) atoms. The number of thiophene rings is 1. The Bertz CT molecular complexity index is 517. The average molecular weight is 233 g/mol. The monoisotopic (exact) mass is 233 g/mol. The van der Waals surface area contributed by atoms with E-state index in [1.165, 1.54) is 10.1 Å². The number of aliphatic hydroxyl groups is 1. The molecular formula is C13H15NOS. The first kappa shape index (κ1) is 10.3. The molecule has 0 amide bonds. The zero-order valence-electron chi connectivity index (χ0n) is 9.02. The Morgan fingerprint density at radius 3 is 2.88 bits per heavy atom. The van der Waals surface area contributed by atoms with E-state index in [1.807, 2.05) is 12.1 Å². The van der Waals surface area contributed by atoms with Crippen LogP contribution >= 0.6 is 11.3 Å². The van der Waals surface area contributed by atoms with Gasteiger partial charge in [0.05, 0.1) is 0 Å². The highest BCUT2D eigenvalue weighted by Gasteiger charge is 2.44. The molecule has 0 bridgehead atoms. The molecule has 84 valence electrons. The lowest BCUT2D eigenvalue weighted by atomic mass is 9.88. The van der Waals surface area contributed by atoms with E-state index in [4.69, 9.17) is 5.73 Å². The van der Waals surface area contributed by atoms with Gasteiger partial charge < -0.3 is 10.8 Å². The van der Waals surface area contributed by atoms with Crippen LogP contribution in [0.1, 0.15) is 18.4 Å². The van der Waals surface area contributed by atoms with Crippen LogP contribution in [0.4, 0.5) is 0 Å². The summed E-state index contributed by atoms with van der Waals surface area (Å²) in [6.07, 6.45) is 2.19. The molecule has 1 unspecified atom stereocenters. The molecule has 1 saturated carbocycles. The highest BCUT2D eigenvalue weighted by molar-refractivity contribution is 7.17. The number of benzene rings is 1. The fraction of sp³-hybridized carbons (Fsp3) is 0.385. The van der Waals surface area contributed by atoms with E-state index in [9.17, 15) is 5.11 Å². The van der Waals surface area contributed by atoms with Crippen LogP contribution in [0.5, 0.6) is 0 Å². The summed E-state index contributed by atoms with van der Waals surface area (Å²) in [5, 5.41) is 14.0. The Balaban J connectivity index is 2.19. The molecule has 3 heteroatoms. The highest BCUT2D eigenvalue weighted by Crippen LogP contribution is 2.47. The van der Waals surface area contributed by atoms with Crippen LogP contribution < -0.4 is 5.73 Å². The molecule has 1 aliphatic rings. The van der Waals surface area contributed by atoms with E-state index in [0.717, 1.165) is 18.4 Å². The van der Waals surface area contributed by atoms with Crippen LogP contribution in [0, 0.1) is 5.92 Å². The number of nitrogens with two attached hydrogens (primary N) is 1. The summed E-state index contributed by atoms with van der Waals surface area (Å²) in [5.74, 6) is 0.352. The molecule has 2 nitrogen and oxygen atoms in total. The Kier molecular flexibility index (Phi) is 2.28. The Morgan fingerprint density at radius 2 is 2.19 bits per heavy atom. The van der Waals surface area contributed by atoms with Gasteiger partial charge in [0.15, 0.2) is 0 Å². The maximum Gasteiger partial charge on any atom is 0.106 e. The average Bonchev–Trinajstić information content (AvgIpc) is 3.06. The second-order valence-electron chi connectivity index (χ2n) is 4.55. The maximum absolute atomic E-state index is 10.7. The van der Waals surface area contributed by atoms with Gasteiger partial charge in [0.2, 0.25) is 0 Å². The first-order valence-corrected chi connectivity index (χ1v) is 6.53. The van der Waals surface area contributed by atoms with Crippen LogP contribution in [-0.4, -0.2) is 11.7 Å². The fourth-order valence-corrected chi connectivity index (χ4v) is 3.39. The molecule has 0 saturated heterocycles. The SMILES string of the molecule is NCC(O)(c1cccc2ccsc12)C1CC1. The van der Waals surface area contributed by atoms with Crippen molar-refractivity contribution in [3.8, 4) is 0 Å². The largest absolute Gasteiger partial charge is 0.383 e. The van der Waals surface area contributed by atoms with Crippen molar-refractivity contribution in [2.24, 2.45) is 11.7 Å². The molecular weight excluding hydrogens is 218 g/mol. The van der Waals surface area contributed by atoms with Crippen molar-refractivity contribution in [3.63, 3.8) is 0 Å². The van der Waals surface area contributed by atoms with Gasteiger partial charge in [-0.1, -0.05) is 18.2 Å². The Hall–Kier alpha value is -0.900. The predicted molar refractivity (Wildman–Crippen MR) is 67.5 cm³/mol. The molecule has 1 aliphatic carbocycles. The van der Waals surface area contributed by atoms with Crippen LogP contribution in [0.2, 0.25) is 0 Å².